The van der Waals surface area contributed by atoms with Crippen LogP contribution in [0, 0.1) is 13.8 Å². The number of benzene rings is 2. The van der Waals surface area contributed by atoms with Gasteiger partial charge in [0, 0.05) is 5.56 Å². The van der Waals surface area contributed by atoms with Gasteiger partial charge in [0.05, 0.1) is 19.8 Å². The van der Waals surface area contributed by atoms with Crippen LogP contribution in [0.15, 0.2) is 30.3 Å². The fourth-order valence-corrected chi connectivity index (χ4v) is 2.58. The van der Waals surface area contributed by atoms with Crippen molar-refractivity contribution in [1.82, 2.24) is 0 Å². The van der Waals surface area contributed by atoms with Crippen molar-refractivity contribution in [1.29, 1.82) is 0 Å². The number of methoxy groups -OCH3 is 2. The Hall–Kier alpha value is -2.62. The third-order valence-corrected chi connectivity index (χ3v) is 4.13. The molecule has 0 bridgehead atoms. The fraction of sp³-hybridized carbons (Fsp3) is 0.263. The van der Waals surface area contributed by atoms with Gasteiger partial charge in [0.25, 0.3) is 0 Å². The first-order valence-electron chi connectivity index (χ1n) is 7.31. The molecule has 0 aliphatic heterocycles. The van der Waals surface area contributed by atoms with Crippen molar-refractivity contribution in [2.45, 2.75) is 20.3 Å². The van der Waals surface area contributed by atoms with Crippen LogP contribution in [-0.4, -0.2) is 26.5 Å². The summed E-state index contributed by atoms with van der Waals surface area (Å²) in [6, 6.07) is 9.53. The highest BCUT2D eigenvalue weighted by Gasteiger charge is 2.18. The van der Waals surface area contributed by atoms with E-state index in [1.807, 2.05) is 38.1 Å². The van der Waals surface area contributed by atoms with Gasteiger partial charge in [-0.15, -0.1) is 0 Å². The van der Waals surface area contributed by atoms with E-state index in [0.29, 0.717) is 23.8 Å². The van der Waals surface area contributed by atoms with Gasteiger partial charge in [0.15, 0.2) is 6.29 Å². The average molecular weight is 312 g/mol. The highest BCUT2D eigenvalue weighted by Crippen LogP contribution is 2.25. The van der Waals surface area contributed by atoms with Crippen LogP contribution in [0.2, 0.25) is 0 Å². The molecule has 4 nitrogen and oxygen atoms in total. The van der Waals surface area contributed by atoms with E-state index >= 15 is 0 Å². The van der Waals surface area contributed by atoms with Crippen LogP contribution in [0.25, 0.3) is 0 Å². The molecule has 120 valence electrons. The number of rotatable bonds is 5. The van der Waals surface area contributed by atoms with Crippen LogP contribution in [0.5, 0.6) is 5.75 Å². The van der Waals surface area contributed by atoms with Gasteiger partial charge in [-0.1, -0.05) is 12.1 Å². The Labute approximate surface area is 136 Å². The van der Waals surface area contributed by atoms with Crippen LogP contribution in [0.4, 0.5) is 0 Å². The van der Waals surface area contributed by atoms with Gasteiger partial charge < -0.3 is 9.47 Å². The normalized spacial score (nSPS) is 10.3. The fourth-order valence-electron chi connectivity index (χ4n) is 2.58. The number of ether oxygens (including phenoxy) is 2. The van der Waals surface area contributed by atoms with Gasteiger partial charge >= 0.3 is 5.97 Å². The monoisotopic (exact) mass is 312 g/mol. The number of hydrogen-bond donors (Lipinski definition) is 0. The summed E-state index contributed by atoms with van der Waals surface area (Å²) in [4.78, 5) is 23.3. The topological polar surface area (TPSA) is 52.6 Å². The van der Waals surface area contributed by atoms with Gasteiger partial charge in [-0.25, -0.2) is 4.79 Å². The molecule has 0 radical (unpaired) electrons. The molecule has 2 aromatic rings. The minimum Gasteiger partial charge on any atom is -0.497 e. The lowest BCUT2D eigenvalue weighted by Crippen LogP contribution is -2.10. The molecule has 0 saturated carbocycles. The van der Waals surface area contributed by atoms with Crippen molar-refractivity contribution in [3.8, 4) is 5.75 Å². The molecule has 2 aromatic carbocycles. The smallest absolute Gasteiger partial charge is 0.338 e. The van der Waals surface area contributed by atoms with Crippen LogP contribution < -0.4 is 4.74 Å². The predicted octanol–water partition coefficient (Wildman–Crippen LogP) is 3.50. The molecule has 0 aliphatic carbocycles. The molecule has 4 heteroatoms. The van der Waals surface area contributed by atoms with Crippen LogP contribution >= 0.6 is 0 Å². The first-order chi connectivity index (χ1) is 11.0. The third kappa shape index (κ3) is 3.42. The Balaban J connectivity index is 2.47. The maximum absolute atomic E-state index is 11.9. The largest absolute Gasteiger partial charge is 0.497 e. The molecule has 0 aromatic heterocycles. The van der Waals surface area contributed by atoms with Crippen LogP contribution in [0.1, 0.15) is 43.0 Å². The van der Waals surface area contributed by atoms with E-state index in [4.69, 9.17) is 9.47 Å². The highest BCUT2D eigenvalue weighted by molar-refractivity contribution is 5.99. The molecule has 0 unspecified atom stereocenters. The molecule has 2 rings (SSSR count). The Bertz CT molecular complexity index is 730. The molecular formula is C19H20O4. The SMILES string of the molecule is COC(=O)c1cc(Cc2ccc(OC)cc2)c(C)c(C)c1C=O. The average Bonchev–Trinajstić information content (AvgIpc) is 2.58. The molecule has 0 saturated heterocycles. The zero-order valence-electron chi connectivity index (χ0n) is 13.8. The Morgan fingerprint density at radius 2 is 1.74 bits per heavy atom. The summed E-state index contributed by atoms with van der Waals surface area (Å²) in [5, 5.41) is 0. The van der Waals surface area contributed by atoms with E-state index in [2.05, 4.69) is 0 Å². The van der Waals surface area contributed by atoms with E-state index in [-0.39, 0.29) is 0 Å². The predicted molar refractivity (Wildman–Crippen MR) is 88.4 cm³/mol. The summed E-state index contributed by atoms with van der Waals surface area (Å²) in [6.07, 6.45) is 1.38. The Morgan fingerprint density at radius 3 is 2.26 bits per heavy atom. The minimum atomic E-state index is -0.494. The van der Waals surface area contributed by atoms with Crippen molar-refractivity contribution in [3.63, 3.8) is 0 Å². The zero-order valence-corrected chi connectivity index (χ0v) is 13.8. The molecule has 23 heavy (non-hydrogen) atoms. The summed E-state index contributed by atoms with van der Waals surface area (Å²) in [7, 11) is 2.94. The Morgan fingerprint density at radius 1 is 1.09 bits per heavy atom. The summed E-state index contributed by atoms with van der Waals surface area (Å²) >= 11 is 0. The molecule has 0 amide bonds. The van der Waals surface area contributed by atoms with Crippen LogP contribution in [-0.2, 0) is 11.2 Å². The molecule has 0 spiro atoms. The molecule has 0 fully saturated rings. The third-order valence-electron chi connectivity index (χ3n) is 4.13. The second kappa shape index (κ2) is 7.09. The van der Waals surface area contributed by atoms with Gasteiger partial charge in [0.2, 0.25) is 0 Å². The lowest BCUT2D eigenvalue weighted by atomic mass is 9.90. The van der Waals surface area contributed by atoms with E-state index in [9.17, 15) is 9.59 Å². The van der Waals surface area contributed by atoms with Crippen molar-refractivity contribution in [2.24, 2.45) is 0 Å². The molecule has 0 atom stereocenters. The van der Waals surface area contributed by atoms with E-state index in [0.717, 1.165) is 28.0 Å². The van der Waals surface area contributed by atoms with E-state index in [1.54, 1.807) is 13.2 Å². The van der Waals surface area contributed by atoms with E-state index < -0.39 is 5.97 Å². The summed E-state index contributed by atoms with van der Waals surface area (Å²) < 4.78 is 9.95. The summed E-state index contributed by atoms with van der Waals surface area (Å²) in [5.41, 5.74) is 4.63. The molecule has 0 N–H and O–H groups in total. The Kier molecular flexibility index (Phi) is 5.16. The number of esters is 1. The lowest BCUT2D eigenvalue weighted by Gasteiger charge is -2.15. The lowest BCUT2D eigenvalue weighted by molar-refractivity contribution is 0.0598. The van der Waals surface area contributed by atoms with Gasteiger partial charge in [-0.2, -0.15) is 0 Å². The zero-order chi connectivity index (χ0) is 17.0. The van der Waals surface area contributed by atoms with Crippen molar-refractivity contribution >= 4 is 12.3 Å². The maximum Gasteiger partial charge on any atom is 0.338 e. The second-order valence-electron chi connectivity index (χ2n) is 5.38. The minimum absolute atomic E-state index is 0.314. The van der Waals surface area contributed by atoms with Gasteiger partial charge in [0.1, 0.15) is 5.75 Å². The quantitative estimate of drug-likeness (QED) is 0.626. The molecule has 0 aliphatic rings. The number of hydrogen-bond acceptors (Lipinski definition) is 4. The van der Waals surface area contributed by atoms with Gasteiger partial charge in [-0.05, 0) is 60.7 Å². The number of aldehydes is 1. The van der Waals surface area contributed by atoms with E-state index in [1.165, 1.54) is 7.11 Å². The number of carbonyl (C=O) groups excluding carboxylic acids is 2. The first kappa shape index (κ1) is 16.7. The van der Waals surface area contributed by atoms with Gasteiger partial charge in [-0.3, -0.25) is 4.79 Å². The maximum atomic E-state index is 11.9. The van der Waals surface area contributed by atoms with Crippen LogP contribution in [0.3, 0.4) is 0 Å². The standard InChI is InChI=1S/C19H20O4/c1-12-13(2)18(11-20)17(19(21)23-4)10-15(12)9-14-5-7-16(22-3)8-6-14/h5-8,10-11H,9H2,1-4H3. The summed E-state index contributed by atoms with van der Waals surface area (Å²) in [6.45, 7) is 3.81. The molecular weight excluding hydrogens is 292 g/mol. The molecule has 0 heterocycles. The van der Waals surface area contributed by atoms with Crippen molar-refractivity contribution in [3.05, 3.63) is 63.7 Å². The number of carbonyl (C=O) groups is 2. The highest BCUT2D eigenvalue weighted by atomic mass is 16.5. The van der Waals surface area contributed by atoms with Crippen molar-refractivity contribution in [2.75, 3.05) is 14.2 Å². The van der Waals surface area contributed by atoms with Crippen molar-refractivity contribution < 1.29 is 19.1 Å². The second-order valence-corrected chi connectivity index (χ2v) is 5.38. The summed E-state index contributed by atoms with van der Waals surface area (Å²) in [5.74, 6) is 0.305. The first-order valence-corrected chi connectivity index (χ1v) is 7.31.